The number of urea groups is 1. The number of nitrogens with zero attached hydrogens (tertiary/aromatic N) is 3. The number of halogens is 1. The van der Waals surface area contributed by atoms with Crippen LogP contribution in [0.2, 0.25) is 0 Å². The number of para-hydroxylation sites is 2. The van der Waals surface area contributed by atoms with Crippen LogP contribution in [0.1, 0.15) is 31.1 Å². The summed E-state index contributed by atoms with van der Waals surface area (Å²) in [6, 6.07) is 16.3. The van der Waals surface area contributed by atoms with E-state index in [0.29, 0.717) is 24.5 Å². The van der Waals surface area contributed by atoms with E-state index in [4.69, 9.17) is 4.74 Å². The van der Waals surface area contributed by atoms with Crippen LogP contribution in [0.4, 0.5) is 14.9 Å². The van der Waals surface area contributed by atoms with Gasteiger partial charge in [-0.25, -0.2) is 9.18 Å². The van der Waals surface area contributed by atoms with Crippen molar-refractivity contribution < 1.29 is 18.7 Å². The average molecular weight is 465 g/mol. The number of hydrogen-bond donors (Lipinski definition) is 1. The third-order valence-electron chi connectivity index (χ3n) is 6.08. The molecule has 2 aromatic carbocycles. The van der Waals surface area contributed by atoms with Crippen LogP contribution < -0.4 is 10.1 Å². The van der Waals surface area contributed by atoms with Crippen molar-refractivity contribution in [1.82, 2.24) is 14.4 Å². The summed E-state index contributed by atoms with van der Waals surface area (Å²) in [5, 5.41) is 2.86. The standard InChI is InChI=1S/C26H29FN4O3/c1-18(2)31(26(33)28-21-7-4-5-9-23(21)34-3)17-24(32)30-16-15-29-14-6-8-22(29)25(30)19-10-12-20(27)13-11-19/h4-14,18,25H,15-17H2,1-3H3,(H,28,33). The number of amides is 3. The van der Waals surface area contributed by atoms with Gasteiger partial charge in [0.2, 0.25) is 5.91 Å². The minimum absolute atomic E-state index is 0.0863. The second kappa shape index (κ2) is 9.99. The van der Waals surface area contributed by atoms with E-state index in [1.807, 2.05) is 38.2 Å². The monoisotopic (exact) mass is 464 g/mol. The maximum absolute atomic E-state index is 13.6. The Bertz CT molecular complexity index is 1160. The molecular weight excluding hydrogens is 435 g/mol. The Morgan fingerprint density at radius 3 is 2.53 bits per heavy atom. The largest absolute Gasteiger partial charge is 0.495 e. The second-order valence-electron chi connectivity index (χ2n) is 8.52. The number of rotatable bonds is 6. The molecule has 1 N–H and O–H groups in total. The molecule has 8 heteroatoms. The summed E-state index contributed by atoms with van der Waals surface area (Å²) in [5.41, 5.74) is 2.32. The molecule has 1 unspecified atom stereocenters. The molecule has 0 spiro atoms. The summed E-state index contributed by atoms with van der Waals surface area (Å²) in [6.07, 6.45) is 1.98. The molecule has 1 aromatic heterocycles. The molecule has 4 rings (SSSR count). The topological polar surface area (TPSA) is 66.8 Å². The summed E-state index contributed by atoms with van der Waals surface area (Å²) in [7, 11) is 1.54. The Balaban J connectivity index is 1.57. The van der Waals surface area contributed by atoms with Crippen molar-refractivity contribution in [1.29, 1.82) is 0 Å². The number of anilines is 1. The Hall–Kier alpha value is -3.81. The first kappa shape index (κ1) is 23.4. The van der Waals surface area contributed by atoms with Gasteiger partial charge in [0.15, 0.2) is 0 Å². The quantitative estimate of drug-likeness (QED) is 0.584. The fourth-order valence-electron chi connectivity index (χ4n) is 4.31. The lowest BCUT2D eigenvalue weighted by atomic mass is 9.99. The zero-order valence-electron chi connectivity index (χ0n) is 19.6. The van der Waals surface area contributed by atoms with Crippen LogP contribution >= 0.6 is 0 Å². The van der Waals surface area contributed by atoms with Crippen molar-refractivity contribution in [3.8, 4) is 5.75 Å². The van der Waals surface area contributed by atoms with E-state index in [9.17, 15) is 14.0 Å². The zero-order valence-corrected chi connectivity index (χ0v) is 19.6. The maximum atomic E-state index is 13.6. The zero-order chi connectivity index (χ0) is 24.2. The van der Waals surface area contributed by atoms with Gasteiger partial charge in [-0.1, -0.05) is 24.3 Å². The fourth-order valence-corrected chi connectivity index (χ4v) is 4.31. The van der Waals surface area contributed by atoms with Crippen LogP contribution in [0.5, 0.6) is 5.75 Å². The van der Waals surface area contributed by atoms with Gasteiger partial charge in [0.1, 0.15) is 18.1 Å². The van der Waals surface area contributed by atoms with Gasteiger partial charge in [0, 0.05) is 31.0 Å². The lowest BCUT2D eigenvalue weighted by Crippen LogP contribution is -2.50. The van der Waals surface area contributed by atoms with E-state index in [-0.39, 0.29) is 36.4 Å². The molecule has 0 bridgehead atoms. The van der Waals surface area contributed by atoms with Crippen LogP contribution in [0.15, 0.2) is 66.9 Å². The van der Waals surface area contributed by atoms with E-state index in [1.54, 1.807) is 35.2 Å². The second-order valence-corrected chi connectivity index (χ2v) is 8.52. The SMILES string of the molecule is COc1ccccc1NC(=O)N(CC(=O)N1CCn2cccc2C1c1ccc(F)cc1)C(C)C. The highest BCUT2D eigenvalue weighted by molar-refractivity contribution is 5.94. The molecule has 1 atom stereocenters. The molecule has 0 aliphatic carbocycles. The Morgan fingerprint density at radius 2 is 1.82 bits per heavy atom. The lowest BCUT2D eigenvalue weighted by molar-refractivity contribution is -0.134. The Kier molecular flexibility index (Phi) is 6.86. The highest BCUT2D eigenvalue weighted by Gasteiger charge is 2.34. The molecule has 1 aliphatic rings. The van der Waals surface area contributed by atoms with Gasteiger partial charge in [0.25, 0.3) is 0 Å². The Labute approximate surface area is 198 Å². The molecule has 34 heavy (non-hydrogen) atoms. The normalized spacial score (nSPS) is 15.1. The van der Waals surface area contributed by atoms with Crippen LogP contribution in [-0.4, -0.2) is 52.5 Å². The number of methoxy groups -OCH3 is 1. The number of benzene rings is 2. The van der Waals surface area contributed by atoms with Crippen molar-refractivity contribution >= 4 is 17.6 Å². The number of aromatic nitrogens is 1. The van der Waals surface area contributed by atoms with E-state index >= 15 is 0 Å². The van der Waals surface area contributed by atoms with Crippen LogP contribution in [0, 0.1) is 5.82 Å². The molecule has 7 nitrogen and oxygen atoms in total. The summed E-state index contributed by atoms with van der Waals surface area (Å²) < 4.78 is 21.0. The van der Waals surface area contributed by atoms with Crippen molar-refractivity contribution in [2.45, 2.75) is 32.5 Å². The molecule has 3 amide bonds. The Morgan fingerprint density at radius 1 is 1.09 bits per heavy atom. The van der Waals surface area contributed by atoms with Crippen molar-refractivity contribution in [3.63, 3.8) is 0 Å². The van der Waals surface area contributed by atoms with Gasteiger partial charge in [-0.05, 0) is 55.8 Å². The van der Waals surface area contributed by atoms with Crippen molar-refractivity contribution in [2.24, 2.45) is 0 Å². The molecule has 2 heterocycles. The molecule has 0 saturated carbocycles. The number of carbonyl (C=O) groups is 2. The smallest absolute Gasteiger partial charge is 0.322 e. The summed E-state index contributed by atoms with van der Waals surface area (Å²) in [6.45, 7) is 4.79. The van der Waals surface area contributed by atoms with Gasteiger partial charge in [0.05, 0.1) is 18.8 Å². The predicted octanol–water partition coefficient (Wildman–Crippen LogP) is 4.51. The lowest BCUT2D eigenvalue weighted by Gasteiger charge is -2.39. The van der Waals surface area contributed by atoms with Gasteiger partial charge < -0.3 is 24.4 Å². The number of ether oxygens (including phenoxy) is 1. The summed E-state index contributed by atoms with van der Waals surface area (Å²) in [4.78, 5) is 30.0. The van der Waals surface area contributed by atoms with Crippen LogP contribution in [0.25, 0.3) is 0 Å². The maximum Gasteiger partial charge on any atom is 0.322 e. The first-order valence-corrected chi connectivity index (χ1v) is 11.3. The molecular formula is C26H29FN4O3. The highest BCUT2D eigenvalue weighted by atomic mass is 19.1. The highest BCUT2D eigenvalue weighted by Crippen LogP contribution is 2.33. The van der Waals surface area contributed by atoms with Gasteiger partial charge in [-0.15, -0.1) is 0 Å². The van der Waals surface area contributed by atoms with E-state index in [0.717, 1.165) is 11.3 Å². The predicted molar refractivity (Wildman–Crippen MR) is 128 cm³/mol. The summed E-state index contributed by atoms with van der Waals surface area (Å²) in [5.74, 6) is 0.0384. The first-order chi connectivity index (χ1) is 16.4. The molecule has 178 valence electrons. The van der Waals surface area contributed by atoms with Gasteiger partial charge in [-0.3, -0.25) is 4.79 Å². The third kappa shape index (κ3) is 4.76. The number of fused-ring (bicyclic) bond motifs is 1. The average Bonchev–Trinajstić information content (AvgIpc) is 3.31. The molecule has 0 saturated heterocycles. The van der Waals surface area contributed by atoms with Crippen molar-refractivity contribution in [3.05, 3.63) is 83.9 Å². The van der Waals surface area contributed by atoms with Crippen LogP contribution in [0.3, 0.4) is 0 Å². The number of nitrogens with one attached hydrogen (secondary N) is 1. The minimum atomic E-state index is -0.383. The molecule has 3 aromatic rings. The van der Waals surface area contributed by atoms with Crippen molar-refractivity contribution in [2.75, 3.05) is 25.5 Å². The molecule has 0 fully saturated rings. The molecule has 1 aliphatic heterocycles. The third-order valence-corrected chi connectivity index (χ3v) is 6.08. The molecule has 0 radical (unpaired) electrons. The number of hydrogen-bond acceptors (Lipinski definition) is 3. The first-order valence-electron chi connectivity index (χ1n) is 11.3. The van der Waals surface area contributed by atoms with E-state index in [2.05, 4.69) is 9.88 Å². The summed E-state index contributed by atoms with van der Waals surface area (Å²) >= 11 is 0. The van der Waals surface area contributed by atoms with E-state index < -0.39 is 0 Å². The van der Waals surface area contributed by atoms with Gasteiger partial charge >= 0.3 is 6.03 Å². The minimum Gasteiger partial charge on any atom is -0.495 e. The number of carbonyl (C=O) groups excluding carboxylic acids is 2. The van der Waals surface area contributed by atoms with Gasteiger partial charge in [-0.2, -0.15) is 0 Å². The fraction of sp³-hybridized carbons (Fsp3) is 0.308. The van der Waals surface area contributed by atoms with Crippen LogP contribution in [-0.2, 0) is 11.3 Å². The van der Waals surface area contributed by atoms with E-state index in [1.165, 1.54) is 24.1 Å².